The minimum Gasteiger partial charge on any atom is -0.508 e. The van der Waals surface area contributed by atoms with Crippen molar-refractivity contribution in [3.63, 3.8) is 0 Å². The van der Waals surface area contributed by atoms with Crippen molar-refractivity contribution in [3.05, 3.63) is 63.8 Å². The number of nitrogens with zero attached hydrogens (tertiary/aromatic N) is 1. The highest BCUT2D eigenvalue weighted by Crippen LogP contribution is 2.77. The minimum absolute atomic E-state index is 0.0392. The van der Waals surface area contributed by atoms with Crippen LogP contribution < -0.4 is 25.4 Å². The normalized spacial score (nSPS) is 22.7. The van der Waals surface area contributed by atoms with E-state index in [1.54, 1.807) is 36.5 Å². The molecule has 2 aliphatic carbocycles. The summed E-state index contributed by atoms with van der Waals surface area (Å²) >= 11 is 12.3. The first kappa shape index (κ1) is 23.7. The molecule has 1 aliphatic heterocycles. The lowest BCUT2D eigenvalue weighted by Gasteiger charge is -2.20. The van der Waals surface area contributed by atoms with E-state index >= 15 is 0 Å². The molecule has 3 aromatic rings. The number of urea groups is 1. The summed E-state index contributed by atoms with van der Waals surface area (Å²) in [5.41, 5.74) is 1.49. The Morgan fingerprint density at radius 1 is 1.16 bits per heavy atom. The lowest BCUT2D eigenvalue weighted by molar-refractivity contribution is -0.116. The second-order valence-electron chi connectivity index (χ2n) is 9.38. The SMILES string of the molecule is COc1cc(NC(=O)N[C@@]23C[C@H]2[C@H]3c2cc(Oc3ccnc4c3CCC(=O)N4)ccc2O)c(Cl)cc1Cl. The number of aromatic hydroxyl groups is 1. The Morgan fingerprint density at radius 2 is 2.00 bits per heavy atom. The van der Waals surface area contributed by atoms with Gasteiger partial charge in [-0.3, -0.25) is 4.79 Å². The number of amides is 3. The van der Waals surface area contributed by atoms with E-state index in [1.807, 2.05) is 0 Å². The predicted molar refractivity (Wildman–Crippen MR) is 138 cm³/mol. The molecule has 0 unspecified atom stereocenters. The molecule has 37 heavy (non-hydrogen) atoms. The number of pyridine rings is 1. The summed E-state index contributed by atoms with van der Waals surface area (Å²) in [6, 6.07) is 9.48. The Hall–Kier alpha value is -3.69. The van der Waals surface area contributed by atoms with Crippen LogP contribution in [0.2, 0.25) is 10.0 Å². The summed E-state index contributed by atoms with van der Waals surface area (Å²) in [5.74, 6) is 2.30. The van der Waals surface area contributed by atoms with Gasteiger partial charge in [0.2, 0.25) is 5.91 Å². The molecular weight excluding hydrogens is 519 g/mol. The standard InChI is InChI=1S/C26H22Cl2N4O5/c1-36-21-10-18(16(27)9-17(21)28)30-25(35)32-26-11-15(26)23(26)14-8-12(2-4-19(14)33)37-20-6-7-29-24-13(20)3-5-22(34)31-24/h2,4,6-10,15,23,33H,3,5,11H2,1H3,(H,29,31,34)(H2,30,32,35)/t15-,23+,26-/m0/s1. The van der Waals surface area contributed by atoms with E-state index < -0.39 is 11.6 Å². The van der Waals surface area contributed by atoms with Gasteiger partial charge in [0.1, 0.15) is 28.8 Å². The third kappa shape index (κ3) is 4.18. The Bertz CT molecular complexity index is 1470. The van der Waals surface area contributed by atoms with Gasteiger partial charge in [0.15, 0.2) is 0 Å². The number of methoxy groups -OCH3 is 1. The van der Waals surface area contributed by atoms with Crippen LogP contribution >= 0.6 is 23.2 Å². The van der Waals surface area contributed by atoms with Crippen LogP contribution in [0.15, 0.2) is 42.6 Å². The first-order chi connectivity index (χ1) is 17.8. The molecule has 11 heteroatoms. The van der Waals surface area contributed by atoms with Gasteiger partial charge in [-0.25, -0.2) is 9.78 Å². The molecule has 3 atom stereocenters. The van der Waals surface area contributed by atoms with Crippen molar-refractivity contribution in [2.45, 2.75) is 30.7 Å². The Labute approximate surface area is 222 Å². The molecule has 0 saturated heterocycles. The maximum Gasteiger partial charge on any atom is 0.319 e. The van der Waals surface area contributed by atoms with E-state index in [0.29, 0.717) is 57.2 Å². The first-order valence-corrected chi connectivity index (χ1v) is 12.5. The number of benzene rings is 2. The molecule has 2 heterocycles. The number of rotatable bonds is 6. The summed E-state index contributed by atoms with van der Waals surface area (Å²) in [7, 11) is 1.48. The van der Waals surface area contributed by atoms with E-state index in [2.05, 4.69) is 20.9 Å². The van der Waals surface area contributed by atoms with E-state index in [4.69, 9.17) is 32.7 Å². The first-order valence-electron chi connectivity index (χ1n) is 11.7. The summed E-state index contributed by atoms with van der Waals surface area (Å²) < 4.78 is 11.3. The molecular formula is C26H22Cl2N4O5. The molecule has 1 aromatic heterocycles. The van der Waals surface area contributed by atoms with Crippen molar-refractivity contribution in [1.29, 1.82) is 0 Å². The fraction of sp³-hybridized carbons (Fsp3) is 0.269. The van der Waals surface area contributed by atoms with E-state index in [-0.39, 0.29) is 23.5 Å². The van der Waals surface area contributed by atoms with Gasteiger partial charge in [0.05, 0.1) is 28.4 Å². The van der Waals surface area contributed by atoms with Crippen LogP contribution in [0, 0.1) is 5.92 Å². The number of anilines is 2. The van der Waals surface area contributed by atoms with Crippen LogP contribution in [0.25, 0.3) is 0 Å². The molecule has 2 saturated carbocycles. The summed E-state index contributed by atoms with van der Waals surface area (Å²) in [6.07, 6.45) is 3.29. The quantitative estimate of drug-likeness (QED) is 0.329. The van der Waals surface area contributed by atoms with E-state index in [0.717, 1.165) is 12.0 Å². The highest BCUT2D eigenvalue weighted by molar-refractivity contribution is 6.37. The third-order valence-electron chi connectivity index (χ3n) is 7.18. The second-order valence-corrected chi connectivity index (χ2v) is 10.2. The minimum atomic E-state index is -0.427. The van der Waals surface area contributed by atoms with Gasteiger partial charge in [0, 0.05) is 35.7 Å². The molecule has 0 spiro atoms. The zero-order valence-electron chi connectivity index (χ0n) is 19.6. The molecule has 4 N–H and O–H groups in total. The van der Waals surface area contributed by atoms with Crippen molar-refractivity contribution in [1.82, 2.24) is 10.3 Å². The number of carbonyl (C=O) groups excluding carboxylic acids is 2. The fourth-order valence-electron chi connectivity index (χ4n) is 5.09. The number of phenolic OH excluding ortho intramolecular Hbond substituents is 1. The van der Waals surface area contributed by atoms with Gasteiger partial charge in [-0.1, -0.05) is 23.2 Å². The number of aromatic nitrogens is 1. The number of ether oxygens (including phenoxy) is 2. The molecule has 190 valence electrons. The fourth-order valence-corrected chi connectivity index (χ4v) is 5.60. The van der Waals surface area contributed by atoms with Gasteiger partial charge < -0.3 is 30.5 Å². The Balaban J connectivity index is 1.17. The molecule has 2 fully saturated rings. The molecule has 2 aromatic carbocycles. The Morgan fingerprint density at radius 3 is 2.78 bits per heavy atom. The zero-order chi connectivity index (χ0) is 25.9. The van der Waals surface area contributed by atoms with Gasteiger partial charge >= 0.3 is 6.03 Å². The van der Waals surface area contributed by atoms with Crippen LogP contribution in [-0.2, 0) is 11.2 Å². The average Bonchev–Trinajstić information content (AvgIpc) is 3.72. The lowest BCUT2D eigenvalue weighted by atomic mass is 9.99. The molecule has 0 bridgehead atoms. The second kappa shape index (κ2) is 8.71. The van der Waals surface area contributed by atoms with Crippen LogP contribution in [0.1, 0.15) is 29.9 Å². The number of hydrogen-bond acceptors (Lipinski definition) is 6. The van der Waals surface area contributed by atoms with Crippen LogP contribution in [0.5, 0.6) is 23.0 Å². The van der Waals surface area contributed by atoms with Crippen LogP contribution in [0.4, 0.5) is 16.3 Å². The maximum atomic E-state index is 12.8. The van der Waals surface area contributed by atoms with E-state index in [1.165, 1.54) is 13.2 Å². The molecule has 3 aliphatic rings. The molecule has 3 amide bonds. The summed E-state index contributed by atoms with van der Waals surface area (Å²) in [6.45, 7) is 0. The topological polar surface area (TPSA) is 122 Å². The highest BCUT2D eigenvalue weighted by Gasteiger charge is 2.80. The molecule has 0 radical (unpaired) electrons. The van der Waals surface area contributed by atoms with Crippen LogP contribution in [-0.4, -0.2) is 34.7 Å². The van der Waals surface area contributed by atoms with E-state index in [9.17, 15) is 14.7 Å². The van der Waals surface area contributed by atoms with Crippen LogP contribution in [0.3, 0.4) is 0 Å². The maximum absolute atomic E-state index is 12.8. The number of carbonyl (C=O) groups is 2. The zero-order valence-corrected chi connectivity index (χ0v) is 21.1. The Kier molecular flexibility index (Phi) is 5.58. The highest BCUT2D eigenvalue weighted by atomic mass is 35.5. The van der Waals surface area contributed by atoms with Crippen molar-refractivity contribution < 1.29 is 24.2 Å². The smallest absolute Gasteiger partial charge is 0.319 e. The average molecular weight is 541 g/mol. The van der Waals surface area contributed by atoms with Crippen molar-refractivity contribution >= 4 is 46.6 Å². The van der Waals surface area contributed by atoms with Crippen molar-refractivity contribution in [2.75, 3.05) is 17.7 Å². The van der Waals surface area contributed by atoms with Gasteiger partial charge in [0.25, 0.3) is 0 Å². The number of fused-ring (bicyclic) bond motifs is 2. The monoisotopic (exact) mass is 540 g/mol. The number of halogens is 2. The molecule has 6 rings (SSSR count). The number of nitrogens with one attached hydrogen (secondary N) is 3. The number of phenols is 1. The van der Waals surface area contributed by atoms with Gasteiger partial charge in [-0.15, -0.1) is 0 Å². The van der Waals surface area contributed by atoms with Crippen molar-refractivity contribution in [2.24, 2.45) is 5.92 Å². The summed E-state index contributed by atoms with van der Waals surface area (Å²) in [4.78, 5) is 28.7. The number of hydrogen-bond donors (Lipinski definition) is 4. The largest absolute Gasteiger partial charge is 0.508 e. The predicted octanol–water partition coefficient (Wildman–Crippen LogP) is 5.46. The summed E-state index contributed by atoms with van der Waals surface area (Å²) in [5, 5.41) is 19.8. The third-order valence-corrected chi connectivity index (χ3v) is 7.79. The van der Waals surface area contributed by atoms with Gasteiger partial charge in [-0.2, -0.15) is 0 Å². The molecule has 9 nitrogen and oxygen atoms in total. The van der Waals surface area contributed by atoms with Gasteiger partial charge in [-0.05, 0) is 49.1 Å². The lowest BCUT2D eigenvalue weighted by Crippen LogP contribution is -2.36. The van der Waals surface area contributed by atoms with Crippen molar-refractivity contribution in [3.8, 4) is 23.0 Å².